The molecule has 0 N–H and O–H groups in total. The van der Waals surface area contributed by atoms with Gasteiger partial charge < -0.3 is 4.74 Å². The third-order valence-corrected chi connectivity index (χ3v) is 2.09. The lowest BCUT2D eigenvalue weighted by Gasteiger charge is -2.13. The molecule has 0 spiro atoms. The van der Waals surface area contributed by atoms with Crippen LogP contribution in [0.1, 0.15) is 24.2 Å². The summed E-state index contributed by atoms with van der Waals surface area (Å²) in [5.41, 5.74) is 1.98. The summed E-state index contributed by atoms with van der Waals surface area (Å²) < 4.78 is 5.48. The van der Waals surface area contributed by atoms with E-state index in [2.05, 4.69) is 6.07 Å². The summed E-state index contributed by atoms with van der Waals surface area (Å²) in [5, 5.41) is 0. The third-order valence-electron chi connectivity index (χ3n) is 1.99. The van der Waals surface area contributed by atoms with Gasteiger partial charge in [0.1, 0.15) is 11.7 Å². The zero-order valence-corrected chi connectivity index (χ0v) is 8.08. The normalized spacial score (nSPS) is 21.5. The Morgan fingerprint density at radius 3 is 3.23 bits per heavy atom. The molecular weight excluding hydrogens is 184 g/mol. The number of ether oxygens (including phenoxy) is 1. The Bertz CT molecular complexity index is 331. The monoisotopic (exact) mass is 193 g/mol. The van der Waals surface area contributed by atoms with E-state index in [0.29, 0.717) is 0 Å². The Balaban J connectivity index is 2.23. The van der Waals surface area contributed by atoms with Crippen molar-refractivity contribution in [1.29, 1.82) is 0 Å². The summed E-state index contributed by atoms with van der Waals surface area (Å²) in [6, 6.07) is 9.06. The Morgan fingerprint density at radius 1 is 1.62 bits per heavy atom. The van der Waals surface area contributed by atoms with E-state index in [0.717, 1.165) is 5.56 Å². The second kappa shape index (κ2) is 3.52. The van der Waals surface area contributed by atoms with E-state index < -0.39 is 0 Å². The third kappa shape index (κ3) is 1.77. The second-order valence-corrected chi connectivity index (χ2v) is 3.61. The van der Waals surface area contributed by atoms with Crippen molar-refractivity contribution in [2.45, 2.75) is 18.6 Å². The first-order chi connectivity index (χ1) is 6.27. The maximum atomic E-state index is 5.75. The Hall–Kier alpha value is -0.790. The quantitative estimate of drug-likeness (QED) is 0.656. The standard InChI is InChI=1S/C11H10ClO/c1-8(12)13-11-7-6-9-4-2-3-5-10(9)11/h2-4,6-8,11H,1H3. The minimum Gasteiger partial charge on any atom is -0.351 e. The van der Waals surface area contributed by atoms with Crippen molar-refractivity contribution in [3.8, 4) is 0 Å². The molecular formula is C11H10ClO. The summed E-state index contributed by atoms with van der Waals surface area (Å²) in [5.74, 6) is 0. The lowest BCUT2D eigenvalue weighted by atomic mass is 10.1. The molecule has 0 aliphatic heterocycles. The maximum Gasteiger partial charge on any atom is 0.129 e. The van der Waals surface area contributed by atoms with E-state index in [1.807, 2.05) is 37.3 Å². The van der Waals surface area contributed by atoms with Crippen LogP contribution in [0.15, 0.2) is 24.3 Å². The van der Waals surface area contributed by atoms with Crippen LogP contribution in [0.3, 0.4) is 0 Å². The highest BCUT2D eigenvalue weighted by atomic mass is 35.5. The van der Waals surface area contributed by atoms with Gasteiger partial charge in [0.05, 0.1) is 0 Å². The SMILES string of the molecule is CC(Cl)OC1C=Cc2ccc[c]c21. The molecule has 2 atom stereocenters. The van der Waals surface area contributed by atoms with E-state index in [1.165, 1.54) is 5.56 Å². The van der Waals surface area contributed by atoms with Gasteiger partial charge in [0.15, 0.2) is 0 Å². The van der Waals surface area contributed by atoms with Crippen LogP contribution >= 0.6 is 11.6 Å². The van der Waals surface area contributed by atoms with Crippen molar-refractivity contribution >= 4 is 17.7 Å². The first kappa shape index (κ1) is 8.79. The zero-order valence-electron chi connectivity index (χ0n) is 7.33. The van der Waals surface area contributed by atoms with Gasteiger partial charge in [-0.3, -0.25) is 0 Å². The van der Waals surface area contributed by atoms with Crippen LogP contribution < -0.4 is 0 Å². The largest absolute Gasteiger partial charge is 0.351 e. The molecule has 2 unspecified atom stereocenters. The summed E-state index contributed by atoms with van der Waals surface area (Å²) in [6.45, 7) is 1.82. The smallest absolute Gasteiger partial charge is 0.129 e. The molecule has 1 aliphatic carbocycles. The minimum absolute atomic E-state index is 0.0244. The highest BCUT2D eigenvalue weighted by Gasteiger charge is 2.18. The van der Waals surface area contributed by atoms with E-state index in [4.69, 9.17) is 16.3 Å². The number of rotatable bonds is 2. The predicted octanol–water partition coefficient (Wildman–Crippen LogP) is 3.16. The molecule has 0 heterocycles. The Morgan fingerprint density at radius 2 is 2.46 bits per heavy atom. The zero-order chi connectivity index (χ0) is 9.26. The first-order valence-electron chi connectivity index (χ1n) is 4.26. The molecule has 0 bridgehead atoms. The molecule has 0 amide bonds. The van der Waals surface area contributed by atoms with Gasteiger partial charge in [0, 0.05) is 0 Å². The molecule has 1 aromatic carbocycles. The van der Waals surface area contributed by atoms with Crippen LogP contribution in [-0.2, 0) is 4.74 Å². The van der Waals surface area contributed by atoms with Gasteiger partial charge >= 0.3 is 0 Å². The molecule has 0 saturated carbocycles. The number of hydrogen-bond acceptors (Lipinski definition) is 1. The number of halogens is 1. The molecule has 0 fully saturated rings. The van der Waals surface area contributed by atoms with Crippen molar-refractivity contribution in [2.75, 3.05) is 0 Å². The van der Waals surface area contributed by atoms with Crippen molar-refractivity contribution in [1.82, 2.24) is 0 Å². The van der Waals surface area contributed by atoms with E-state index >= 15 is 0 Å². The van der Waals surface area contributed by atoms with E-state index in [1.54, 1.807) is 0 Å². The topological polar surface area (TPSA) is 9.23 Å². The lowest BCUT2D eigenvalue weighted by Crippen LogP contribution is -2.04. The molecule has 1 radical (unpaired) electrons. The van der Waals surface area contributed by atoms with Gasteiger partial charge in [-0.15, -0.1) is 0 Å². The molecule has 1 aliphatic rings. The molecule has 0 saturated heterocycles. The van der Waals surface area contributed by atoms with Crippen LogP contribution in [-0.4, -0.2) is 5.56 Å². The van der Waals surface area contributed by atoms with Crippen LogP contribution in [0.2, 0.25) is 0 Å². The van der Waals surface area contributed by atoms with Crippen molar-refractivity contribution < 1.29 is 4.74 Å². The number of fused-ring (bicyclic) bond motifs is 1. The number of benzene rings is 1. The van der Waals surface area contributed by atoms with Crippen molar-refractivity contribution in [2.24, 2.45) is 0 Å². The minimum atomic E-state index is -0.269. The highest BCUT2D eigenvalue weighted by Crippen LogP contribution is 2.31. The molecule has 13 heavy (non-hydrogen) atoms. The molecule has 2 heteroatoms. The maximum absolute atomic E-state index is 5.75. The lowest BCUT2D eigenvalue weighted by molar-refractivity contribution is 0.0727. The predicted molar refractivity (Wildman–Crippen MR) is 53.5 cm³/mol. The van der Waals surface area contributed by atoms with E-state index in [9.17, 15) is 0 Å². The summed E-state index contributed by atoms with van der Waals surface area (Å²) in [4.78, 5) is 0. The van der Waals surface area contributed by atoms with Gasteiger partial charge in [0.2, 0.25) is 0 Å². The van der Waals surface area contributed by atoms with Crippen molar-refractivity contribution in [3.63, 3.8) is 0 Å². The molecule has 67 valence electrons. The van der Waals surface area contributed by atoms with Gasteiger partial charge in [-0.2, -0.15) is 0 Å². The molecule has 1 aromatic rings. The van der Waals surface area contributed by atoms with Crippen LogP contribution in [0.4, 0.5) is 0 Å². The highest BCUT2D eigenvalue weighted by molar-refractivity contribution is 6.19. The van der Waals surface area contributed by atoms with Crippen LogP contribution in [0, 0.1) is 6.07 Å². The Kier molecular flexibility index (Phi) is 2.38. The fourth-order valence-electron chi connectivity index (χ4n) is 1.46. The number of hydrogen-bond donors (Lipinski definition) is 0. The first-order valence-corrected chi connectivity index (χ1v) is 4.69. The summed E-state index contributed by atoms with van der Waals surface area (Å²) in [7, 11) is 0. The van der Waals surface area contributed by atoms with Crippen LogP contribution in [0.25, 0.3) is 6.08 Å². The fourth-order valence-corrected chi connectivity index (χ4v) is 1.57. The Labute approximate surface area is 83.0 Å². The fraction of sp³-hybridized carbons (Fsp3) is 0.273. The van der Waals surface area contributed by atoms with Crippen LogP contribution in [0.5, 0.6) is 0 Å². The van der Waals surface area contributed by atoms with Gasteiger partial charge in [-0.25, -0.2) is 0 Å². The second-order valence-electron chi connectivity index (χ2n) is 3.00. The average molecular weight is 194 g/mol. The van der Waals surface area contributed by atoms with Gasteiger partial charge in [0.25, 0.3) is 0 Å². The van der Waals surface area contributed by atoms with E-state index in [-0.39, 0.29) is 11.7 Å². The molecule has 1 nitrogen and oxygen atoms in total. The van der Waals surface area contributed by atoms with Crippen molar-refractivity contribution in [3.05, 3.63) is 41.5 Å². The average Bonchev–Trinajstić information content (AvgIpc) is 2.48. The van der Waals surface area contributed by atoms with Gasteiger partial charge in [-0.05, 0) is 24.1 Å². The van der Waals surface area contributed by atoms with Gasteiger partial charge in [-0.1, -0.05) is 42.0 Å². The summed E-state index contributed by atoms with van der Waals surface area (Å²) >= 11 is 5.75. The molecule has 2 rings (SSSR count). The molecule has 0 aromatic heterocycles. The summed E-state index contributed by atoms with van der Waals surface area (Å²) in [6.07, 6.45) is 4.01. The number of alkyl halides is 1.